The fourth-order valence-electron chi connectivity index (χ4n) is 1.81. The smallest absolute Gasteiger partial charge is 0.326 e. The molecule has 0 atom stereocenters. The van der Waals surface area contributed by atoms with Crippen molar-refractivity contribution in [3.63, 3.8) is 0 Å². The molecule has 0 spiro atoms. The minimum Gasteiger partial charge on any atom is -0.326 e. The lowest BCUT2D eigenvalue weighted by atomic mass is 10.1. The van der Waals surface area contributed by atoms with E-state index in [1.807, 2.05) is 0 Å². The number of benzene rings is 1. The number of ketones is 1. The summed E-state index contributed by atoms with van der Waals surface area (Å²) in [4.78, 5) is 30.9. The van der Waals surface area contributed by atoms with E-state index in [0.717, 1.165) is 24.0 Å². The van der Waals surface area contributed by atoms with E-state index in [4.69, 9.17) is 0 Å². The third-order valence-electron chi connectivity index (χ3n) is 3.26. The third-order valence-corrected chi connectivity index (χ3v) is 4.12. The van der Waals surface area contributed by atoms with Gasteiger partial charge in [-0.1, -0.05) is 25.6 Å². The molecule has 138 valence electrons. The van der Waals surface area contributed by atoms with E-state index < -0.39 is 11.9 Å². The Balaban J connectivity index is 1.97. The van der Waals surface area contributed by atoms with E-state index in [-0.39, 0.29) is 28.5 Å². The maximum atomic E-state index is 12.6. The van der Waals surface area contributed by atoms with Crippen molar-refractivity contribution in [1.82, 2.24) is 9.97 Å². The fraction of sp³-hybridized carbons (Fsp3) is 0.294. The number of amides is 1. The van der Waals surface area contributed by atoms with Gasteiger partial charge in [0, 0.05) is 23.4 Å². The number of halogens is 3. The quantitative estimate of drug-likeness (QED) is 0.463. The summed E-state index contributed by atoms with van der Waals surface area (Å²) in [5.41, 5.74) is -0.103. The molecule has 0 aliphatic carbocycles. The van der Waals surface area contributed by atoms with Crippen molar-refractivity contribution >= 4 is 29.1 Å². The van der Waals surface area contributed by atoms with Crippen molar-refractivity contribution in [2.24, 2.45) is 5.92 Å². The van der Waals surface area contributed by atoms with E-state index in [0.29, 0.717) is 11.3 Å². The average molecular weight is 383 g/mol. The molecule has 2 aromatic rings. The Morgan fingerprint density at radius 3 is 2.38 bits per heavy atom. The molecular formula is C17H16F3N3O2S. The van der Waals surface area contributed by atoms with Gasteiger partial charge in [-0.05, 0) is 30.3 Å². The average Bonchev–Trinajstić information content (AvgIpc) is 2.59. The molecule has 1 aromatic heterocycles. The number of carbonyl (C=O) groups excluding carboxylic acids is 2. The zero-order valence-electron chi connectivity index (χ0n) is 14.0. The Bertz CT molecular complexity index is 793. The second kappa shape index (κ2) is 8.31. The highest BCUT2D eigenvalue weighted by Gasteiger charge is 2.32. The zero-order valence-corrected chi connectivity index (χ0v) is 14.8. The Morgan fingerprint density at radius 2 is 1.81 bits per heavy atom. The molecule has 1 aromatic carbocycles. The highest BCUT2D eigenvalue weighted by atomic mass is 32.2. The van der Waals surface area contributed by atoms with Gasteiger partial charge in [0.05, 0.1) is 5.75 Å². The number of carbonyl (C=O) groups is 2. The van der Waals surface area contributed by atoms with Gasteiger partial charge in [-0.3, -0.25) is 9.59 Å². The van der Waals surface area contributed by atoms with Crippen LogP contribution in [0.5, 0.6) is 0 Å². The number of nitrogens with zero attached hydrogens (tertiary/aromatic N) is 2. The largest absolute Gasteiger partial charge is 0.433 e. The molecule has 0 saturated carbocycles. The topological polar surface area (TPSA) is 72.0 Å². The summed E-state index contributed by atoms with van der Waals surface area (Å²) in [6.07, 6.45) is -3.55. The van der Waals surface area contributed by atoms with Gasteiger partial charge in [-0.15, -0.1) is 0 Å². The molecule has 9 heteroatoms. The van der Waals surface area contributed by atoms with Gasteiger partial charge in [-0.2, -0.15) is 13.2 Å². The number of hydrogen-bond acceptors (Lipinski definition) is 5. The van der Waals surface area contributed by atoms with E-state index in [2.05, 4.69) is 15.3 Å². The highest BCUT2D eigenvalue weighted by Crippen LogP contribution is 2.28. The molecule has 0 unspecified atom stereocenters. The molecule has 1 heterocycles. The van der Waals surface area contributed by atoms with Crippen LogP contribution >= 0.6 is 11.8 Å². The van der Waals surface area contributed by atoms with Gasteiger partial charge in [0.1, 0.15) is 5.69 Å². The number of alkyl halides is 3. The summed E-state index contributed by atoms with van der Waals surface area (Å²) in [7, 11) is 0. The molecular weight excluding hydrogens is 367 g/mol. The van der Waals surface area contributed by atoms with E-state index in [1.54, 1.807) is 38.1 Å². The van der Waals surface area contributed by atoms with Gasteiger partial charge in [0.25, 0.3) is 0 Å². The van der Waals surface area contributed by atoms with Crippen LogP contribution in [0.25, 0.3) is 0 Å². The van der Waals surface area contributed by atoms with Crippen LogP contribution in [0.3, 0.4) is 0 Å². The number of hydrogen-bond donors (Lipinski definition) is 1. The van der Waals surface area contributed by atoms with Crippen LogP contribution in [0.2, 0.25) is 0 Å². The van der Waals surface area contributed by atoms with Gasteiger partial charge < -0.3 is 5.32 Å². The summed E-state index contributed by atoms with van der Waals surface area (Å²) < 4.78 is 37.8. The SMILES string of the molecule is CC(C)C(=O)Nc1ccc(C(=O)CSc2nccc(C(F)(F)F)n2)cc1. The Hall–Kier alpha value is -2.42. The molecule has 0 aliphatic heterocycles. The van der Waals surface area contributed by atoms with Crippen molar-refractivity contribution in [1.29, 1.82) is 0 Å². The Kier molecular flexibility index (Phi) is 6.36. The van der Waals surface area contributed by atoms with Crippen molar-refractivity contribution < 1.29 is 22.8 Å². The Labute approximate surface area is 152 Å². The standard InChI is InChI=1S/C17H16F3N3O2S/c1-10(2)15(25)22-12-5-3-11(4-6-12)13(24)9-26-16-21-8-7-14(23-16)17(18,19)20/h3-8,10H,9H2,1-2H3,(H,22,25). The minimum absolute atomic E-state index is 0.0982. The molecule has 0 bridgehead atoms. The maximum Gasteiger partial charge on any atom is 0.433 e. The molecule has 0 aliphatic rings. The highest BCUT2D eigenvalue weighted by molar-refractivity contribution is 7.99. The molecule has 2 rings (SSSR count). The predicted molar refractivity (Wildman–Crippen MR) is 92.0 cm³/mol. The van der Waals surface area contributed by atoms with Crippen LogP contribution in [0.15, 0.2) is 41.7 Å². The van der Waals surface area contributed by atoms with Gasteiger partial charge in [0.15, 0.2) is 10.9 Å². The van der Waals surface area contributed by atoms with Crippen molar-refractivity contribution in [3.8, 4) is 0 Å². The monoisotopic (exact) mass is 383 g/mol. The van der Waals surface area contributed by atoms with Crippen molar-refractivity contribution in [3.05, 3.63) is 47.8 Å². The zero-order chi connectivity index (χ0) is 19.3. The van der Waals surface area contributed by atoms with Crippen molar-refractivity contribution in [2.75, 3.05) is 11.1 Å². The summed E-state index contributed by atoms with van der Waals surface area (Å²) in [5, 5.41) is 2.59. The van der Waals surface area contributed by atoms with E-state index >= 15 is 0 Å². The summed E-state index contributed by atoms with van der Waals surface area (Å²) in [6, 6.07) is 7.06. The minimum atomic E-state index is -4.56. The van der Waals surface area contributed by atoms with Crippen LogP contribution in [-0.4, -0.2) is 27.4 Å². The van der Waals surface area contributed by atoms with Crippen LogP contribution in [0.1, 0.15) is 29.9 Å². The number of nitrogens with one attached hydrogen (secondary N) is 1. The summed E-state index contributed by atoms with van der Waals surface area (Å²) in [5.74, 6) is -0.682. The first-order valence-corrected chi connectivity index (χ1v) is 8.62. The molecule has 0 radical (unpaired) electrons. The lowest BCUT2D eigenvalue weighted by Crippen LogP contribution is -2.17. The summed E-state index contributed by atoms with van der Waals surface area (Å²) in [6.45, 7) is 3.53. The molecule has 5 nitrogen and oxygen atoms in total. The first kappa shape index (κ1) is 19.9. The number of thioether (sulfide) groups is 1. The van der Waals surface area contributed by atoms with Crippen molar-refractivity contribution in [2.45, 2.75) is 25.2 Å². The first-order chi connectivity index (χ1) is 12.2. The molecule has 1 N–H and O–H groups in total. The number of anilines is 1. The normalized spacial score (nSPS) is 11.5. The van der Waals surface area contributed by atoms with Crippen LogP contribution in [0.4, 0.5) is 18.9 Å². The molecule has 0 fully saturated rings. The predicted octanol–water partition coefficient (Wildman–Crippen LogP) is 4.06. The first-order valence-electron chi connectivity index (χ1n) is 7.64. The molecule has 26 heavy (non-hydrogen) atoms. The second-order valence-corrected chi connectivity index (χ2v) is 6.60. The number of aromatic nitrogens is 2. The van der Waals surface area contributed by atoms with E-state index in [1.165, 1.54) is 0 Å². The Morgan fingerprint density at radius 1 is 1.15 bits per heavy atom. The van der Waals surface area contributed by atoms with Gasteiger partial charge in [-0.25, -0.2) is 9.97 Å². The lowest BCUT2D eigenvalue weighted by molar-refractivity contribution is -0.141. The molecule has 1 amide bonds. The molecule has 0 saturated heterocycles. The van der Waals surface area contributed by atoms with Crippen LogP contribution < -0.4 is 5.32 Å². The summed E-state index contributed by atoms with van der Waals surface area (Å²) >= 11 is 0.831. The maximum absolute atomic E-state index is 12.6. The third kappa shape index (κ3) is 5.55. The fourth-order valence-corrected chi connectivity index (χ4v) is 2.53. The number of Topliss-reactive ketones (excluding diaryl/α,β-unsaturated/α-hetero) is 1. The van der Waals surface area contributed by atoms with Gasteiger partial charge in [0.2, 0.25) is 5.91 Å². The number of rotatable bonds is 6. The second-order valence-electron chi connectivity index (χ2n) is 5.66. The van der Waals surface area contributed by atoms with Crippen LogP contribution in [0, 0.1) is 5.92 Å². The lowest BCUT2D eigenvalue weighted by Gasteiger charge is -2.08. The van der Waals surface area contributed by atoms with E-state index in [9.17, 15) is 22.8 Å². The van der Waals surface area contributed by atoms with Gasteiger partial charge >= 0.3 is 6.18 Å². The van der Waals surface area contributed by atoms with Crippen LogP contribution in [-0.2, 0) is 11.0 Å².